The SMILES string of the molecule is CC1CCN(C(=O)C2CC3C=CC2C3)CC1O. The number of carbonyl (C=O) groups is 1. The Morgan fingerprint density at radius 1 is 1.35 bits per heavy atom. The van der Waals surface area contributed by atoms with Gasteiger partial charge in [-0.05, 0) is 37.0 Å². The largest absolute Gasteiger partial charge is 0.391 e. The zero-order chi connectivity index (χ0) is 12.0. The fraction of sp³-hybridized carbons (Fsp3) is 0.786. The lowest BCUT2D eigenvalue weighted by molar-refractivity contribution is -0.140. The molecule has 17 heavy (non-hydrogen) atoms. The second-order valence-corrected chi connectivity index (χ2v) is 6.00. The quantitative estimate of drug-likeness (QED) is 0.698. The van der Waals surface area contributed by atoms with Crippen LogP contribution in [0.4, 0.5) is 0 Å². The molecular weight excluding hydrogens is 214 g/mol. The number of likely N-dealkylation sites (tertiary alicyclic amines) is 1. The fourth-order valence-corrected chi connectivity index (χ4v) is 3.55. The molecule has 2 bridgehead atoms. The third-order valence-electron chi connectivity index (χ3n) is 4.83. The molecule has 0 aromatic heterocycles. The summed E-state index contributed by atoms with van der Waals surface area (Å²) in [6.45, 7) is 3.43. The maximum Gasteiger partial charge on any atom is 0.226 e. The van der Waals surface area contributed by atoms with Crippen LogP contribution in [0.15, 0.2) is 12.2 Å². The number of hydrogen-bond acceptors (Lipinski definition) is 2. The third kappa shape index (κ3) is 1.90. The van der Waals surface area contributed by atoms with Crippen molar-refractivity contribution in [1.82, 2.24) is 4.90 Å². The minimum absolute atomic E-state index is 0.200. The molecule has 1 heterocycles. The molecule has 1 aliphatic heterocycles. The fourth-order valence-electron chi connectivity index (χ4n) is 3.55. The summed E-state index contributed by atoms with van der Waals surface area (Å²) >= 11 is 0. The highest BCUT2D eigenvalue weighted by atomic mass is 16.3. The molecule has 1 N–H and O–H groups in total. The Balaban J connectivity index is 1.65. The molecule has 5 atom stereocenters. The number of rotatable bonds is 1. The Morgan fingerprint density at radius 3 is 2.76 bits per heavy atom. The molecule has 1 saturated carbocycles. The third-order valence-corrected chi connectivity index (χ3v) is 4.83. The molecule has 3 aliphatic rings. The maximum atomic E-state index is 12.4. The van der Waals surface area contributed by atoms with Gasteiger partial charge in [-0.25, -0.2) is 0 Å². The van der Waals surface area contributed by atoms with Gasteiger partial charge in [0.2, 0.25) is 5.91 Å². The van der Waals surface area contributed by atoms with Gasteiger partial charge in [-0.2, -0.15) is 0 Å². The Morgan fingerprint density at radius 2 is 2.18 bits per heavy atom. The molecule has 5 unspecified atom stereocenters. The number of allylic oxidation sites excluding steroid dienone is 2. The molecule has 0 aromatic rings. The first-order chi connectivity index (χ1) is 8.15. The van der Waals surface area contributed by atoms with Gasteiger partial charge in [0.1, 0.15) is 0 Å². The summed E-state index contributed by atoms with van der Waals surface area (Å²) < 4.78 is 0. The van der Waals surface area contributed by atoms with E-state index >= 15 is 0 Å². The van der Waals surface area contributed by atoms with Gasteiger partial charge >= 0.3 is 0 Å². The monoisotopic (exact) mass is 235 g/mol. The van der Waals surface area contributed by atoms with Gasteiger partial charge < -0.3 is 10.0 Å². The zero-order valence-electron chi connectivity index (χ0n) is 10.4. The first-order valence-electron chi connectivity index (χ1n) is 6.80. The molecular formula is C14H21NO2. The van der Waals surface area contributed by atoms with Gasteiger partial charge in [0, 0.05) is 19.0 Å². The van der Waals surface area contributed by atoms with E-state index in [1.807, 2.05) is 4.90 Å². The van der Waals surface area contributed by atoms with Crippen molar-refractivity contribution in [3.05, 3.63) is 12.2 Å². The van der Waals surface area contributed by atoms with Crippen LogP contribution in [0.5, 0.6) is 0 Å². The molecule has 0 spiro atoms. The van der Waals surface area contributed by atoms with E-state index in [1.54, 1.807) is 0 Å². The molecule has 3 rings (SSSR count). The van der Waals surface area contributed by atoms with E-state index < -0.39 is 0 Å². The van der Waals surface area contributed by atoms with Gasteiger partial charge in [0.05, 0.1) is 6.10 Å². The zero-order valence-corrected chi connectivity index (χ0v) is 10.4. The number of aliphatic hydroxyl groups is 1. The summed E-state index contributed by atoms with van der Waals surface area (Å²) in [5, 5.41) is 9.86. The number of nitrogens with zero attached hydrogens (tertiary/aromatic N) is 1. The topological polar surface area (TPSA) is 40.5 Å². The number of amides is 1. The number of piperidine rings is 1. The van der Waals surface area contributed by atoms with Gasteiger partial charge in [-0.1, -0.05) is 19.1 Å². The number of hydrogen-bond donors (Lipinski definition) is 1. The summed E-state index contributed by atoms with van der Waals surface area (Å²) in [7, 11) is 0. The predicted molar refractivity (Wildman–Crippen MR) is 65.2 cm³/mol. The first kappa shape index (κ1) is 11.3. The number of carbonyl (C=O) groups excluding carboxylic acids is 1. The van der Waals surface area contributed by atoms with Crippen LogP contribution in [0.1, 0.15) is 26.2 Å². The van der Waals surface area contributed by atoms with Crippen molar-refractivity contribution < 1.29 is 9.90 Å². The van der Waals surface area contributed by atoms with Crippen molar-refractivity contribution in [3.63, 3.8) is 0 Å². The summed E-state index contributed by atoms with van der Waals surface area (Å²) in [6.07, 6.45) is 7.29. The highest BCUT2D eigenvalue weighted by Gasteiger charge is 2.42. The highest BCUT2D eigenvalue weighted by molar-refractivity contribution is 5.80. The van der Waals surface area contributed by atoms with Gasteiger partial charge in [0.25, 0.3) is 0 Å². The highest BCUT2D eigenvalue weighted by Crippen LogP contribution is 2.44. The summed E-state index contributed by atoms with van der Waals surface area (Å²) in [5.41, 5.74) is 0. The number of β-amino-alcohol motifs (C(OH)–C–C–N with tert-alkyl or cyclic N) is 1. The van der Waals surface area contributed by atoms with Crippen molar-refractivity contribution in [2.45, 2.75) is 32.3 Å². The van der Waals surface area contributed by atoms with E-state index in [4.69, 9.17) is 0 Å². The maximum absolute atomic E-state index is 12.4. The van der Waals surface area contributed by atoms with Crippen molar-refractivity contribution in [3.8, 4) is 0 Å². The number of aliphatic hydroxyl groups excluding tert-OH is 1. The molecule has 3 nitrogen and oxygen atoms in total. The van der Waals surface area contributed by atoms with E-state index in [0.29, 0.717) is 24.3 Å². The van der Waals surface area contributed by atoms with Gasteiger partial charge in [-0.15, -0.1) is 0 Å². The van der Waals surface area contributed by atoms with Crippen LogP contribution in [0.2, 0.25) is 0 Å². The molecule has 2 aliphatic carbocycles. The second-order valence-electron chi connectivity index (χ2n) is 6.00. The van der Waals surface area contributed by atoms with Crippen molar-refractivity contribution in [2.75, 3.05) is 13.1 Å². The van der Waals surface area contributed by atoms with Crippen LogP contribution in [0.25, 0.3) is 0 Å². The lowest BCUT2D eigenvalue weighted by Gasteiger charge is -2.36. The lowest BCUT2D eigenvalue weighted by Crippen LogP contribution is -2.48. The first-order valence-corrected chi connectivity index (χ1v) is 6.80. The Labute approximate surface area is 102 Å². The minimum atomic E-state index is -0.332. The van der Waals surface area contributed by atoms with Crippen LogP contribution < -0.4 is 0 Å². The summed E-state index contributed by atoms with van der Waals surface area (Å²) in [6, 6.07) is 0. The van der Waals surface area contributed by atoms with Crippen LogP contribution in [0.3, 0.4) is 0 Å². The molecule has 0 aromatic carbocycles. The molecule has 3 heteroatoms. The molecule has 2 fully saturated rings. The summed E-state index contributed by atoms with van der Waals surface area (Å²) in [4.78, 5) is 14.3. The molecule has 94 valence electrons. The van der Waals surface area contributed by atoms with Crippen LogP contribution in [-0.2, 0) is 4.79 Å². The molecule has 1 saturated heterocycles. The van der Waals surface area contributed by atoms with Crippen LogP contribution in [0, 0.1) is 23.7 Å². The Bertz CT molecular complexity index is 352. The molecule has 0 radical (unpaired) electrons. The average Bonchev–Trinajstić information content (AvgIpc) is 2.93. The van der Waals surface area contributed by atoms with E-state index in [-0.39, 0.29) is 17.9 Å². The number of fused-ring (bicyclic) bond motifs is 2. The van der Waals surface area contributed by atoms with Crippen LogP contribution in [-0.4, -0.2) is 35.1 Å². The Hall–Kier alpha value is -0.830. The van der Waals surface area contributed by atoms with E-state index in [1.165, 1.54) is 6.42 Å². The predicted octanol–water partition coefficient (Wildman–Crippen LogP) is 1.43. The average molecular weight is 235 g/mol. The minimum Gasteiger partial charge on any atom is -0.391 e. The van der Waals surface area contributed by atoms with Crippen LogP contribution >= 0.6 is 0 Å². The van der Waals surface area contributed by atoms with E-state index in [9.17, 15) is 9.90 Å². The normalized spacial score (nSPS) is 44.4. The second kappa shape index (κ2) is 4.13. The van der Waals surface area contributed by atoms with E-state index in [0.717, 1.165) is 19.4 Å². The van der Waals surface area contributed by atoms with E-state index in [2.05, 4.69) is 19.1 Å². The van der Waals surface area contributed by atoms with Gasteiger partial charge in [-0.3, -0.25) is 4.79 Å². The van der Waals surface area contributed by atoms with Crippen molar-refractivity contribution >= 4 is 5.91 Å². The Kier molecular flexibility index (Phi) is 2.74. The lowest BCUT2D eigenvalue weighted by atomic mass is 9.90. The summed E-state index contributed by atoms with van der Waals surface area (Å²) in [5.74, 6) is 1.93. The van der Waals surface area contributed by atoms with Crippen molar-refractivity contribution in [2.24, 2.45) is 23.7 Å². The van der Waals surface area contributed by atoms with Crippen molar-refractivity contribution in [1.29, 1.82) is 0 Å². The van der Waals surface area contributed by atoms with Gasteiger partial charge in [0.15, 0.2) is 0 Å². The molecule has 1 amide bonds. The standard InChI is InChI=1S/C14H21NO2/c1-9-4-5-15(8-13(9)16)14(17)12-7-10-2-3-11(12)6-10/h2-3,9-13,16H,4-8H2,1H3. The smallest absolute Gasteiger partial charge is 0.226 e.